The predicted molar refractivity (Wildman–Crippen MR) is 49.4 cm³/mol. The van der Waals surface area contributed by atoms with E-state index in [4.69, 9.17) is 5.11 Å². The maximum absolute atomic E-state index is 11.1. The van der Waals surface area contributed by atoms with Crippen LogP contribution in [0, 0.1) is 0 Å². The Labute approximate surface area is 79.8 Å². The summed E-state index contributed by atoms with van der Waals surface area (Å²) in [5, 5.41) is 19.6. The molecule has 6 heteroatoms. The molecule has 0 aromatic carbocycles. The van der Waals surface area contributed by atoms with Gasteiger partial charge in [0.1, 0.15) is 5.01 Å². The molecule has 1 aromatic rings. The Morgan fingerprint density at radius 2 is 2.38 bits per heavy atom. The monoisotopic (exact) mass is 201 g/mol. The highest BCUT2D eigenvalue weighted by Gasteiger charge is 2.05. The van der Waals surface area contributed by atoms with Crippen molar-refractivity contribution in [2.75, 3.05) is 5.32 Å². The lowest BCUT2D eigenvalue weighted by atomic mass is 10.3. The minimum Gasteiger partial charge on any atom is -0.389 e. The van der Waals surface area contributed by atoms with Crippen LogP contribution in [-0.2, 0) is 11.4 Å². The summed E-state index contributed by atoms with van der Waals surface area (Å²) >= 11 is 1.18. The van der Waals surface area contributed by atoms with Crippen molar-refractivity contribution in [2.45, 2.75) is 26.4 Å². The Morgan fingerprint density at radius 3 is 2.92 bits per heavy atom. The van der Waals surface area contributed by atoms with Crippen molar-refractivity contribution in [1.82, 2.24) is 10.2 Å². The Balaban J connectivity index is 2.49. The van der Waals surface area contributed by atoms with Gasteiger partial charge in [0.15, 0.2) is 0 Å². The Hall–Kier alpha value is -1.01. The van der Waals surface area contributed by atoms with Gasteiger partial charge in [-0.05, 0) is 6.42 Å². The minimum atomic E-state index is -0.138. The SMILES string of the molecule is CCCC(=O)Nc1nnc(CO)s1. The van der Waals surface area contributed by atoms with E-state index in [-0.39, 0.29) is 12.5 Å². The van der Waals surface area contributed by atoms with E-state index >= 15 is 0 Å². The number of aliphatic hydroxyl groups is 1. The molecular weight excluding hydrogens is 190 g/mol. The van der Waals surface area contributed by atoms with Gasteiger partial charge in [0.05, 0.1) is 6.61 Å². The van der Waals surface area contributed by atoms with E-state index in [0.717, 1.165) is 6.42 Å². The number of aromatic nitrogens is 2. The molecule has 1 amide bonds. The van der Waals surface area contributed by atoms with Crippen molar-refractivity contribution in [3.8, 4) is 0 Å². The molecule has 0 atom stereocenters. The smallest absolute Gasteiger partial charge is 0.226 e. The van der Waals surface area contributed by atoms with Crippen LogP contribution < -0.4 is 5.32 Å². The number of amides is 1. The molecule has 1 heterocycles. The van der Waals surface area contributed by atoms with E-state index in [1.165, 1.54) is 11.3 Å². The quantitative estimate of drug-likeness (QED) is 0.754. The molecule has 0 aliphatic heterocycles. The van der Waals surface area contributed by atoms with Crippen LogP contribution in [0.5, 0.6) is 0 Å². The van der Waals surface area contributed by atoms with Crippen molar-refractivity contribution in [3.05, 3.63) is 5.01 Å². The van der Waals surface area contributed by atoms with E-state index in [0.29, 0.717) is 16.6 Å². The van der Waals surface area contributed by atoms with Gasteiger partial charge in [0.2, 0.25) is 11.0 Å². The van der Waals surface area contributed by atoms with Gasteiger partial charge in [-0.3, -0.25) is 4.79 Å². The summed E-state index contributed by atoms with van der Waals surface area (Å²) < 4.78 is 0. The number of carbonyl (C=O) groups is 1. The predicted octanol–water partition coefficient (Wildman–Crippen LogP) is 0.769. The normalized spacial score (nSPS) is 10.0. The summed E-state index contributed by atoms with van der Waals surface area (Å²) in [7, 11) is 0. The lowest BCUT2D eigenvalue weighted by Gasteiger charge is -1.96. The highest BCUT2D eigenvalue weighted by Crippen LogP contribution is 2.14. The highest BCUT2D eigenvalue weighted by atomic mass is 32.1. The highest BCUT2D eigenvalue weighted by molar-refractivity contribution is 7.15. The molecule has 0 aliphatic rings. The molecule has 0 aliphatic carbocycles. The van der Waals surface area contributed by atoms with Crippen molar-refractivity contribution >= 4 is 22.4 Å². The Bertz CT molecular complexity index is 287. The molecule has 0 bridgehead atoms. The maximum Gasteiger partial charge on any atom is 0.226 e. The molecule has 1 aromatic heterocycles. The molecule has 72 valence electrons. The standard InChI is InChI=1S/C7H11N3O2S/c1-2-3-5(12)8-7-10-9-6(4-11)13-7/h11H,2-4H2,1H3,(H,8,10,12). The molecule has 1 rings (SSSR count). The third kappa shape index (κ3) is 3.08. The molecular formula is C7H11N3O2S. The van der Waals surface area contributed by atoms with Gasteiger partial charge in [-0.15, -0.1) is 10.2 Å². The molecule has 5 nitrogen and oxygen atoms in total. The van der Waals surface area contributed by atoms with Gasteiger partial charge < -0.3 is 10.4 Å². The summed E-state index contributed by atoms with van der Waals surface area (Å²) in [4.78, 5) is 11.1. The maximum atomic E-state index is 11.1. The van der Waals surface area contributed by atoms with E-state index in [2.05, 4.69) is 15.5 Å². The Morgan fingerprint density at radius 1 is 1.62 bits per heavy atom. The van der Waals surface area contributed by atoms with Gasteiger partial charge in [0.25, 0.3) is 0 Å². The third-order valence-electron chi connectivity index (χ3n) is 1.33. The molecule has 0 saturated carbocycles. The van der Waals surface area contributed by atoms with Gasteiger partial charge in [0, 0.05) is 6.42 Å². The zero-order valence-corrected chi connectivity index (χ0v) is 8.10. The van der Waals surface area contributed by atoms with Crippen molar-refractivity contribution in [1.29, 1.82) is 0 Å². The number of hydrogen-bond donors (Lipinski definition) is 2. The zero-order chi connectivity index (χ0) is 9.68. The van der Waals surface area contributed by atoms with E-state index in [1.807, 2.05) is 6.92 Å². The lowest BCUT2D eigenvalue weighted by molar-refractivity contribution is -0.116. The first kappa shape index (κ1) is 10.1. The van der Waals surface area contributed by atoms with Crippen LogP contribution in [0.2, 0.25) is 0 Å². The summed E-state index contributed by atoms with van der Waals surface area (Å²) in [6, 6.07) is 0. The molecule has 13 heavy (non-hydrogen) atoms. The van der Waals surface area contributed by atoms with Gasteiger partial charge >= 0.3 is 0 Å². The van der Waals surface area contributed by atoms with Crippen LogP contribution in [0.3, 0.4) is 0 Å². The van der Waals surface area contributed by atoms with E-state index < -0.39 is 0 Å². The fraction of sp³-hybridized carbons (Fsp3) is 0.571. The van der Waals surface area contributed by atoms with Crippen LogP contribution in [0.25, 0.3) is 0 Å². The number of aliphatic hydroxyl groups excluding tert-OH is 1. The second-order valence-electron chi connectivity index (χ2n) is 2.46. The fourth-order valence-corrected chi connectivity index (χ4v) is 1.39. The van der Waals surface area contributed by atoms with Gasteiger partial charge in [-0.1, -0.05) is 18.3 Å². The zero-order valence-electron chi connectivity index (χ0n) is 7.28. The minimum absolute atomic E-state index is 0.0665. The number of anilines is 1. The first-order valence-corrected chi connectivity index (χ1v) is 4.81. The van der Waals surface area contributed by atoms with Crippen LogP contribution in [0.4, 0.5) is 5.13 Å². The topological polar surface area (TPSA) is 75.1 Å². The van der Waals surface area contributed by atoms with Crippen LogP contribution in [0.15, 0.2) is 0 Å². The molecule has 0 fully saturated rings. The summed E-state index contributed by atoms with van der Waals surface area (Å²) in [6.07, 6.45) is 1.28. The van der Waals surface area contributed by atoms with Crippen molar-refractivity contribution in [3.63, 3.8) is 0 Å². The molecule has 2 N–H and O–H groups in total. The summed E-state index contributed by atoms with van der Waals surface area (Å²) in [5.41, 5.74) is 0. The third-order valence-corrected chi connectivity index (χ3v) is 2.15. The van der Waals surface area contributed by atoms with Crippen molar-refractivity contribution in [2.24, 2.45) is 0 Å². The van der Waals surface area contributed by atoms with E-state index in [9.17, 15) is 4.79 Å². The number of rotatable bonds is 4. The Kier molecular flexibility index (Phi) is 3.78. The van der Waals surface area contributed by atoms with Crippen LogP contribution in [0.1, 0.15) is 24.8 Å². The van der Waals surface area contributed by atoms with Crippen LogP contribution >= 0.6 is 11.3 Å². The number of carbonyl (C=O) groups excluding carboxylic acids is 1. The van der Waals surface area contributed by atoms with Gasteiger partial charge in [-0.2, -0.15) is 0 Å². The largest absolute Gasteiger partial charge is 0.389 e. The summed E-state index contributed by atoms with van der Waals surface area (Å²) in [6.45, 7) is 1.79. The number of hydrogen-bond acceptors (Lipinski definition) is 5. The second kappa shape index (κ2) is 4.88. The van der Waals surface area contributed by atoms with Gasteiger partial charge in [-0.25, -0.2) is 0 Å². The number of nitrogens with one attached hydrogen (secondary N) is 1. The first-order valence-electron chi connectivity index (χ1n) is 3.99. The molecule has 0 spiro atoms. The van der Waals surface area contributed by atoms with Crippen LogP contribution in [-0.4, -0.2) is 21.2 Å². The molecule has 0 radical (unpaired) electrons. The lowest BCUT2D eigenvalue weighted by Crippen LogP contribution is -2.10. The first-order chi connectivity index (χ1) is 6.26. The fourth-order valence-electron chi connectivity index (χ4n) is 0.777. The average Bonchev–Trinajstić information content (AvgIpc) is 2.52. The summed E-state index contributed by atoms with van der Waals surface area (Å²) in [5.74, 6) is -0.0665. The molecule has 0 saturated heterocycles. The number of nitrogens with zero attached hydrogens (tertiary/aromatic N) is 2. The van der Waals surface area contributed by atoms with E-state index in [1.54, 1.807) is 0 Å². The molecule has 0 unspecified atom stereocenters. The van der Waals surface area contributed by atoms with Crippen molar-refractivity contribution < 1.29 is 9.90 Å². The second-order valence-corrected chi connectivity index (χ2v) is 3.52. The average molecular weight is 201 g/mol.